The van der Waals surface area contributed by atoms with Crippen LogP contribution >= 0.6 is 11.6 Å². The third-order valence-electron chi connectivity index (χ3n) is 5.06. The van der Waals surface area contributed by atoms with E-state index in [1.54, 1.807) is 0 Å². The van der Waals surface area contributed by atoms with Gasteiger partial charge in [-0.1, -0.05) is 17.7 Å². The molecule has 0 aliphatic heterocycles. The van der Waals surface area contributed by atoms with Crippen molar-refractivity contribution in [1.82, 2.24) is 9.97 Å². The molecular formula is C22H13ClF2N6Na2O7S2. The van der Waals surface area contributed by atoms with Crippen LogP contribution in [-0.2, 0) is 25.0 Å². The van der Waals surface area contributed by atoms with Crippen molar-refractivity contribution in [3.8, 4) is 0 Å². The summed E-state index contributed by atoms with van der Waals surface area (Å²) in [6, 6.07) is 9.14. The van der Waals surface area contributed by atoms with Gasteiger partial charge in [-0.05, 0) is 47.9 Å². The minimum atomic E-state index is -5.20. The molecule has 4 rings (SSSR count). The van der Waals surface area contributed by atoms with Crippen LogP contribution < -0.4 is 69.7 Å². The molecule has 1 heterocycles. The maximum atomic E-state index is 13.6. The third kappa shape index (κ3) is 8.70. The fraction of sp³-hybridized carbons (Fsp3) is 0.0455. The number of amides is 1. The SMILES string of the molecule is CC(=O)Nc1cc(Nc2nc(F)nc(F)c2Cl)ccc1/N=N/c1ccc2cc(S(=O)(=O)[O-])cc(S(=O)(=O)[O-])c2c1.[Na+].[Na+]. The van der Waals surface area contributed by atoms with Gasteiger partial charge in [-0.2, -0.15) is 23.9 Å². The Kier molecular flexibility index (Phi) is 12.1. The number of carbonyl (C=O) groups is 1. The molecule has 0 unspecified atom stereocenters. The zero-order valence-electron chi connectivity index (χ0n) is 21.7. The predicted octanol–water partition coefficient (Wildman–Crippen LogP) is -1.50. The fourth-order valence-electron chi connectivity index (χ4n) is 3.41. The van der Waals surface area contributed by atoms with Crippen molar-refractivity contribution in [2.24, 2.45) is 10.2 Å². The van der Waals surface area contributed by atoms with Gasteiger partial charge in [0.1, 0.15) is 30.9 Å². The first kappa shape index (κ1) is 36.0. The van der Waals surface area contributed by atoms with Crippen LogP contribution in [-0.4, -0.2) is 41.8 Å². The number of halogens is 3. The van der Waals surface area contributed by atoms with Gasteiger partial charge in [0.25, 0.3) is 0 Å². The second-order valence-corrected chi connectivity index (χ2v) is 11.0. The molecule has 2 N–H and O–H groups in total. The molecule has 0 saturated heterocycles. The summed E-state index contributed by atoms with van der Waals surface area (Å²) in [5, 5.41) is 12.3. The van der Waals surface area contributed by atoms with Gasteiger partial charge in [0.15, 0.2) is 5.82 Å². The second-order valence-electron chi connectivity index (χ2n) is 7.92. The molecule has 0 spiro atoms. The van der Waals surface area contributed by atoms with Crippen molar-refractivity contribution >= 4 is 77.1 Å². The molecule has 0 atom stereocenters. The van der Waals surface area contributed by atoms with Crippen molar-refractivity contribution in [3.05, 3.63) is 65.6 Å². The number of nitrogens with zero attached hydrogens (tertiary/aromatic N) is 4. The van der Waals surface area contributed by atoms with E-state index in [1.807, 2.05) is 0 Å². The molecule has 0 radical (unpaired) electrons. The number of aromatic nitrogens is 2. The molecule has 0 fully saturated rings. The summed E-state index contributed by atoms with van der Waals surface area (Å²) in [7, 11) is -10.3. The molecule has 42 heavy (non-hydrogen) atoms. The number of hydrogen-bond acceptors (Lipinski definition) is 12. The van der Waals surface area contributed by atoms with E-state index in [9.17, 15) is 39.5 Å². The molecular weight excluding hydrogens is 644 g/mol. The molecule has 4 aromatic rings. The Morgan fingerprint density at radius 2 is 1.62 bits per heavy atom. The maximum Gasteiger partial charge on any atom is 1.00 e. The number of nitrogens with one attached hydrogen (secondary N) is 2. The molecule has 13 nitrogen and oxygen atoms in total. The molecule has 3 aromatic carbocycles. The number of carbonyl (C=O) groups excluding carboxylic acids is 1. The fourth-order valence-corrected chi connectivity index (χ4v) is 4.87. The van der Waals surface area contributed by atoms with Gasteiger partial charge in [0, 0.05) is 18.0 Å². The van der Waals surface area contributed by atoms with E-state index in [-0.39, 0.29) is 98.5 Å². The first-order valence-electron chi connectivity index (χ1n) is 10.6. The quantitative estimate of drug-likeness (QED) is 0.0774. The van der Waals surface area contributed by atoms with Crippen molar-refractivity contribution in [1.29, 1.82) is 0 Å². The first-order valence-corrected chi connectivity index (χ1v) is 13.8. The molecule has 0 bridgehead atoms. The van der Waals surface area contributed by atoms with Crippen LogP contribution in [0.15, 0.2) is 68.6 Å². The molecule has 0 aliphatic carbocycles. The van der Waals surface area contributed by atoms with Crippen molar-refractivity contribution in [2.45, 2.75) is 16.7 Å². The minimum Gasteiger partial charge on any atom is -0.744 e. The van der Waals surface area contributed by atoms with Gasteiger partial charge in [0.05, 0.1) is 21.2 Å². The number of rotatable bonds is 7. The topological polar surface area (TPSA) is 206 Å². The summed E-state index contributed by atoms with van der Waals surface area (Å²) in [5.41, 5.74) is 0.366. The van der Waals surface area contributed by atoms with Crippen LogP contribution in [0.3, 0.4) is 0 Å². The molecule has 208 valence electrons. The summed E-state index contributed by atoms with van der Waals surface area (Å²) in [5.74, 6) is -2.19. The Labute approximate surface area is 286 Å². The van der Waals surface area contributed by atoms with Gasteiger partial charge >= 0.3 is 65.2 Å². The Bertz CT molecular complexity index is 1950. The standard InChI is InChI=1S/C22H15ClF2N6O7S2.2Na/c1-10(32)26-17-8-12(27-21-19(23)20(24)28-22(25)29-21)4-5-16(17)31-30-13-3-2-11-6-14(39(33,34)35)9-18(15(11)7-13)40(36,37)38;;/h2-9H,1H3,(H,26,32)(H,27,28,29)(H,33,34,35)(H,36,37,38);;/q;2*+1/p-2/b31-30+;;. The van der Waals surface area contributed by atoms with Gasteiger partial charge in [-0.15, -0.1) is 5.11 Å². The Balaban J connectivity index is 0.00000308. The summed E-state index contributed by atoms with van der Waals surface area (Å²) >= 11 is 5.76. The predicted molar refractivity (Wildman–Crippen MR) is 135 cm³/mol. The summed E-state index contributed by atoms with van der Waals surface area (Å²) in [6.07, 6.45) is -1.37. The largest absolute Gasteiger partial charge is 1.00 e. The summed E-state index contributed by atoms with van der Waals surface area (Å²) in [6.45, 7) is 1.21. The summed E-state index contributed by atoms with van der Waals surface area (Å²) in [4.78, 5) is 16.1. The molecule has 20 heteroatoms. The van der Waals surface area contributed by atoms with E-state index in [4.69, 9.17) is 11.6 Å². The van der Waals surface area contributed by atoms with Crippen LogP contribution in [0.1, 0.15) is 6.92 Å². The number of benzene rings is 3. The Hall–Kier alpha value is -2.16. The van der Waals surface area contributed by atoms with E-state index >= 15 is 0 Å². The Morgan fingerprint density at radius 1 is 0.929 bits per heavy atom. The van der Waals surface area contributed by atoms with Crippen LogP contribution in [0.5, 0.6) is 0 Å². The van der Waals surface area contributed by atoms with E-state index in [1.165, 1.54) is 37.3 Å². The van der Waals surface area contributed by atoms with Gasteiger partial charge < -0.3 is 19.7 Å². The smallest absolute Gasteiger partial charge is 0.744 e. The van der Waals surface area contributed by atoms with E-state index in [0.717, 1.165) is 12.1 Å². The van der Waals surface area contributed by atoms with Crippen molar-refractivity contribution in [2.75, 3.05) is 10.6 Å². The van der Waals surface area contributed by atoms with Crippen LogP contribution in [0.4, 0.5) is 37.3 Å². The maximum absolute atomic E-state index is 13.6. The Morgan fingerprint density at radius 3 is 2.24 bits per heavy atom. The normalized spacial score (nSPS) is 11.6. The molecule has 1 amide bonds. The molecule has 1 aromatic heterocycles. The second kappa shape index (κ2) is 14.1. The minimum absolute atomic E-state index is 0. The van der Waals surface area contributed by atoms with Crippen molar-refractivity contribution in [3.63, 3.8) is 0 Å². The summed E-state index contributed by atoms with van der Waals surface area (Å²) < 4.78 is 96.6. The average molecular weight is 657 g/mol. The van der Waals surface area contributed by atoms with Crippen LogP contribution in [0.2, 0.25) is 5.02 Å². The number of anilines is 3. The number of hydrogen-bond donors (Lipinski definition) is 2. The van der Waals surface area contributed by atoms with Crippen molar-refractivity contribution < 1.29 is 98.6 Å². The number of azo groups is 1. The monoisotopic (exact) mass is 656 g/mol. The van der Waals surface area contributed by atoms with E-state index < -0.39 is 53.0 Å². The third-order valence-corrected chi connectivity index (χ3v) is 7.08. The zero-order valence-corrected chi connectivity index (χ0v) is 28.1. The molecule has 0 aliphatic rings. The average Bonchev–Trinajstić information content (AvgIpc) is 2.84. The van der Waals surface area contributed by atoms with Gasteiger partial charge in [-0.25, -0.2) is 16.8 Å². The van der Waals surface area contributed by atoms with Gasteiger partial charge in [-0.3, -0.25) is 4.79 Å². The first-order chi connectivity index (χ1) is 18.6. The van der Waals surface area contributed by atoms with E-state index in [0.29, 0.717) is 6.07 Å². The van der Waals surface area contributed by atoms with E-state index in [2.05, 4.69) is 30.8 Å². The molecule has 0 saturated carbocycles. The van der Waals surface area contributed by atoms with Gasteiger partial charge in [0.2, 0.25) is 11.9 Å². The number of fused-ring (bicyclic) bond motifs is 1. The van der Waals surface area contributed by atoms with Crippen LogP contribution in [0, 0.1) is 12.0 Å². The zero-order chi connectivity index (χ0) is 29.4. The van der Waals surface area contributed by atoms with Crippen LogP contribution in [0.25, 0.3) is 10.8 Å².